The molecule has 1 heterocycles. The van der Waals surface area contributed by atoms with Crippen molar-refractivity contribution in [3.63, 3.8) is 0 Å². The highest BCUT2D eigenvalue weighted by molar-refractivity contribution is 5.27. The Morgan fingerprint density at radius 1 is 1.44 bits per heavy atom. The summed E-state index contributed by atoms with van der Waals surface area (Å²) >= 11 is 0. The fourth-order valence-corrected chi connectivity index (χ4v) is 2.14. The van der Waals surface area contributed by atoms with E-state index in [9.17, 15) is 0 Å². The maximum Gasteiger partial charge on any atom is 0.0658 e. The Labute approximate surface area is 98.0 Å². The standard InChI is InChI=1S/C12H23N3O/c1-6-13-9(2)12-10(3)14-15(11(12)4)7-8-16-5/h9,13H,6-8H2,1-5H3. The third kappa shape index (κ3) is 2.83. The molecule has 1 atom stereocenters. The number of hydrogen-bond donors (Lipinski definition) is 1. The van der Waals surface area contributed by atoms with E-state index < -0.39 is 0 Å². The monoisotopic (exact) mass is 225 g/mol. The number of aromatic nitrogens is 2. The number of methoxy groups -OCH3 is 1. The lowest BCUT2D eigenvalue weighted by molar-refractivity contribution is 0.182. The van der Waals surface area contributed by atoms with Gasteiger partial charge in [0.15, 0.2) is 0 Å². The number of rotatable bonds is 6. The van der Waals surface area contributed by atoms with Crippen molar-refractivity contribution in [2.75, 3.05) is 20.3 Å². The molecule has 1 unspecified atom stereocenters. The van der Waals surface area contributed by atoms with E-state index in [2.05, 4.69) is 38.1 Å². The summed E-state index contributed by atoms with van der Waals surface area (Å²) in [5.41, 5.74) is 3.67. The molecular weight excluding hydrogens is 202 g/mol. The van der Waals surface area contributed by atoms with Gasteiger partial charge in [-0.1, -0.05) is 6.92 Å². The third-order valence-corrected chi connectivity index (χ3v) is 2.89. The SMILES string of the molecule is CCNC(C)c1c(C)nn(CCOC)c1C. The van der Waals surface area contributed by atoms with Crippen LogP contribution >= 0.6 is 0 Å². The second kappa shape index (κ2) is 6.01. The van der Waals surface area contributed by atoms with Crippen molar-refractivity contribution < 1.29 is 4.74 Å². The summed E-state index contributed by atoms with van der Waals surface area (Å²) in [4.78, 5) is 0. The minimum absolute atomic E-state index is 0.362. The quantitative estimate of drug-likeness (QED) is 0.802. The van der Waals surface area contributed by atoms with Crippen molar-refractivity contribution in [3.8, 4) is 0 Å². The molecule has 0 bridgehead atoms. The van der Waals surface area contributed by atoms with Gasteiger partial charge in [-0.3, -0.25) is 4.68 Å². The molecular formula is C12H23N3O. The fraction of sp³-hybridized carbons (Fsp3) is 0.750. The molecule has 0 aliphatic heterocycles. The zero-order valence-corrected chi connectivity index (χ0v) is 11.0. The molecule has 0 aromatic carbocycles. The molecule has 16 heavy (non-hydrogen) atoms. The van der Waals surface area contributed by atoms with Crippen LogP contribution in [0, 0.1) is 13.8 Å². The van der Waals surface area contributed by atoms with Crippen LogP contribution in [-0.2, 0) is 11.3 Å². The summed E-state index contributed by atoms with van der Waals surface area (Å²) in [5, 5.41) is 7.98. The van der Waals surface area contributed by atoms with Gasteiger partial charge in [0, 0.05) is 24.4 Å². The molecule has 0 fully saturated rings. The van der Waals surface area contributed by atoms with Crippen molar-refractivity contribution >= 4 is 0 Å². The molecule has 0 saturated carbocycles. The minimum Gasteiger partial charge on any atom is -0.383 e. The number of hydrogen-bond acceptors (Lipinski definition) is 3. The molecule has 4 nitrogen and oxygen atoms in total. The number of nitrogens with zero attached hydrogens (tertiary/aromatic N) is 2. The van der Waals surface area contributed by atoms with Crippen molar-refractivity contribution in [1.29, 1.82) is 0 Å². The second-order valence-electron chi connectivity index (χ2n) is 4.08. The van der Waals surface area contributed by atoms with Gasteiger partial charge in [0.2, 0.25) is 0 Å². The van der Waals surface area contributed by atoms with Crippen LogP contribution in [0.5, 0.6) is 0 Å². The lowest BCUT2D eigenvalue weighted by Gasteiger charge is -2.13. The highest BCUT2D eigenvalue weighted by atomic mass is 16.5. The molecule has 4 heteroatoms. The summed E-state index contributed by atoms with van der Waals surface area (Å²) in [6, 6.07) is 0.362. The number of nitrogens with one attached hydrogen (secondary N) is 1. The average molecular weight is 225 g/mol. The molecule has 1 aromatic rings. The van der Waals surface area contributed by atoms with Crippen LogP contribution in [0.15, 0.2) is 0 Å². The largest absolute Gasteiger partial charge is 0.383 e. The molecule has 0 spiro atoms. The maximum absolute atomic E-state index is 5.08. The van der Waals surface area contributed by atoms with Crippen LogP contribution in [0.4, 0.5) is 0 Å². The van der Waals surface area contributed by atoms with Crippen LogP contribution in [0.25, 0.3) is 0 Å². The van der Waals surface area contributed by atoms with Gasteiger partial charge in [0.1, 0.15) is 0 Å². The van der Waals surface area contributed by atoms with Gasteiger partial charge in [-0.2, -0.15) is 5.10 Å². The van der Waals surface area contributed by atoms with Gasteiger partial charge in [0.25, 0.3) is 0 Å². The van der Waals surface area contributed by atoms with Crippen LogP contribution in [0.2, 0.25) is 0 Å². The Morgan fingerprint density at radius 3 is 2.69 bits per heavy atom. The number of aryl methyl sites for hydroxylation is 1. The highest BCUT2D eigenvalue weighted by Crippen LogP contribution is 2.20. The van der Waals surface area contributed by atoms with Crippen LogP contribution < -0.4 is 5.32 Å². The molecule has 92 valence electrons. The molecule has 1 rings (SSSR count). The minimum atomic E-state index is 0.362. The van der Waals surface area contributed by atoms with Gasteiger partial charge in [-0.25, -0.2) is 0 Å². The Hall–Kier alpha value is -0.870. The van der Waals surface area contributed by atoms with Gasteiger partial charge in [0.05, 0.1) is 18.8 Å². The van der Waals surface area contributed by atoms with E-state index in [1.54, 1.807) is 7.11 Å². The van der Waals surface area contributed by atoms with Crippen molar-refractivity contribution in [3.05, 3.63) is 17.0 Å². The lowest BCUT2D eigenvalue weighted by atomic mass is 10.1. The van der Waals surface area contributed by atoms with E-state index in [0.717, 1.165) is 18.8 Å². The Morgan fingerprint density at radius 2 is 2.12 bits per heavy atom. The summed E-state index contributed by atoms with van der Waals surface area (Å²) < 4.78 is 7.11. The average Bonchev–Trinajstić information content (AvgIpc) is 2.51. The van der Waals surface area contributed by atoms with E-state index >= 15 is 0 Å². The smallest absolute Gasteiger partial charge is 0.0658 e. The first-order valence-corrected chi connectivity index (χ1v) is 5.88. The van der Waals surface area contributed by atoms with E-state index in [1.807, 2.05) is 4.68 Å². The topological polar surface area (TPSA) is 39.1 Å². The predicted octanol–water partition coefficient (Wildman–Crippen LogP) is 1.82. The van der Waals surface area contributed by atoms with E-state index in [0.29, 0.717) is 12.6 Å². The van der Waals surface area contributed by atoms with Crippen molar-refractivity contribution in [1.82, 2.24) is 15.1 Å². The summed E-state index contributed by atoms with van der Waals surface area (Å²) in [6.45, 7) is 11.0. The Kier molecular flexibility index (Phi) is 4.96. The van der Waals surface area contributed by atoms with Crippen LogP contribution in [0.1, 0.15) is 36.8 Å². The third-order valence-electron chi connectivity index (χ3n) is 2.89. The highest BCUT2D eigenvalue weighted by Gasteiger charge is 2.16. The zero-order valence-electron chi connectivity index (χ0n) is 11.0. The first-order chi connectivity index (χ1) is 7.61. The second-order valence-corrected chi connectivity index (χ2v) is 4.08. The molecule has 0 saturated heterocycles. The zero-order chi connectivity index (χ0) is 12.1. The lowest BCUT2D eigenvalue weighted by Crippen LogP contribution is -2.19. The van der Waals surface area contributed by atoms with Crippen molar-refractivity contribution in [2.24, 2.45) is 0 Å². The van der Waals surface area contributed by atoms with Crippen LogP contribution in [-0.4, -0.2) is 30.0 Å². The van der Waals surface area contributed by atoms with Gasteiger partial charge in [-0.15, -0.1) is 0 Å². The summed E-state index contributed by atoms with van der Waals surface area (Å²) in [5.74, 6) is 0. The van der Waals surface area contributed by atoms with Crippen molar-refractivity contribution in [2.45, 2.75) is 40.3 Å². The van der Waals surface area contributed by atoms with Gasteiger partial charge < -0.3 is 10.1 Å². The molecule has 0 aliphatic carbocycles. The first kappa shape index (κ1) is 13.2. The first-order valence-electron chi connectivity index (χ1n) is 5.88. The summed E-state index contributed by atoms with van der Waals surface area (Å²) in [7, 11) is 1.72. The van der Waals surface area contributed by atoms with E-state index in [4.69, 9.17) is 4.74 Å². The molecule has 0 aliphatic rings. The number of ether oxygens (including phenoxy) is 1. The van der Waals surface area contributed by atoms with E-state index in [-0.39, 0.29) is 0 Å². The Bertz CT molecular complexity index is 333. The van der Waals surface area contributed by atoms with Crippen LogP contribution in [0.3, 0.4) is 0 Å². The fourth-order valence-electron chi connectivity index (χ4n) is 2.14. The Balaban J connectivity index is 2.88. The predicted molar refractivity (Wildman–Crippen MR) is 65.7 cm³/mol. The molecule has 0 radical (unpaired) electrons. The maximum atomic E-state index is 5.08. The normalized spacial score (nSPS) is 13.1. The van der Waals surface area contributed by atoms with Gasteiger partial charge >= 0.3 is 0 Å². The molecule has 0 amide bonds. The molecule has 1 aromatic heterocycles. The molecule has 1 N–H and O–H groups in total. The summed E-state index contributed by atoms with van der Waals surface area (Å²) in [6.07, 6.45) is 0. The van der Waals surface area contributed by atoms with Gasteiger partial charge in [-0.05, 0) is 27.3 Å². The van der Waals surface area contributed by atoms with E-state index in [1.165, 1.54) is 11.3 Å².